The van der Waals surface area contributed by atoms with Gasteiger partial charge in [0.2, 0.25) is 5.91 Å². The molecule has 1 aromatic carbocycles. The van der Waals surface area contributed by atoms with Crippen LogP contribution in [0.2, 0.25) is 0 Å². The average molecular weight is 279 g/mol. The van der Waals surface area contributed by atoms with Crippen molar-refractivity contribution < 1.29 is 19.4 Å². The average Bonchev–Trinajstić information content (AvgIpc) is 2.38. The van der Waals surface area contributed by atoms with Gasteiger partial charge in [-0.05, 0) is 24.0 Å². The van der Waals surface area contributed by atoms with Crippen LogP contribution in [0.3, 0.4) is 0 Å². The summed E-state index contributed by atoms with van der Waals surface area (Å²) in [4.78, 5) is 22.2. The first-order chi connectivity index (χ1) is 9.52. The highest BCUT2D eigenvalue weighted by Crippen LogP contribution is 2.17. The normalized spacial score (nSPS) is 11.7. The SMILES string of the molecule is COc1ccccc1CCNC(=O)CC(C)CC(=O)O. The van der Waals surface area contributed by atoms with Crippen LogP contribution in [0.25, 0.3) is 0 Å². The van der Waals surface area contributed by atoms with E-state index in [0.717, 1.165) is 11.3 Å². The van der Waals surface area contributed by atoms with Crippen LogP contribution in [0.4, 0.5) is 0 Å². The van der Waals surface area contributed by atoms with Crippen LogP contribution in [0.1, 0.15) is 25.3 Å². The van der Waals surface area contributed by atoms with Crippen LogP contribution >= 0.6 is 0 Å². The third-order valence-electron chi connectivity index (χ3n) is 2.97. The first-order valence-corrected chi connectivity index (χ1v) is 6.63. The number of methoxy groups -OCH3 is 1. The summed E-state index contributed by atoms with van der Waals surface area (Å²) in [5, 5.41) is 11.4. The fraction of sp³-hybridized carbons (Fsp3) is 0.467. The number of carboxylic acids is 1. The van der Waals surface area contributed by atoms with E-state index in [9.17, 15) is 9.59 Å². The molecule has 0 fully saturated rings. The number of aliphatic carboxylic acids is 1. The zero-order valence-corrected chi connectivity index (χ0v) is 11.9. The number of hydrogen-bond acceptors (Lipinski definition) is 3. The molecule has 0 heterocycles. The van der Waals surface area contributed by atoms with Crippen LogP contribution < -0.4 is 10.1 Å². The fourth-order valence-electron chi connectivity index (χ4n) is 2.01. The summed E-state index contributed by atoms with van der Waals surface area (Å²) in [5.41, 5.74) is 1.04. The maximum absolute atomic E-state index is 11.6. The Labute approximate surface area is 118 Å². The van der Waals surface area contributed by atoms with Gasteiger partial charge in [-0.15, -0.1) is 0 Å². The van der Waals surface area contributed by atoms with Crippen molar-refractivity contribution in [2.24, 2.45) is 5.92 Å². The predicted octanol–water partition coefficient (Wildman–Crippen LogP) is 1.85. The molecule has 1 atom stereocenters. The first kappa shape index (κ1) is 16.0. The molecule has 0 aliphatic rings. The topological polar surface area (TPSA) is 75.6 Å². The Balaban J connectivity index is 2.33. The summed E-state index contributed by atoms with van der Waals surface area (Å²) in [5.74, 6) is -0.340. The van der Waals surface area contributed by atoms with E-state index < -0.39 is 5.97 Å². The molecule has 5 heteroatoms. The Morgan fingerprint density at radius 2 is 2.00 bits per heavy atom. The second-order valence-corrected chi connectivity index (χ2v) is 4.82. The summed E-state index contributed by atoms with van der Waals surface area (Å²) in [7, 11) is 1.62. The van der Waals surface area contributed by atoms with Crippen molar-refractivity contribution in [3.63, 3.8) is 0 Å². The van der Waals surface area contributed by atoms with Crippen LogP contribution in [0, 0.1) is 5.92 Å². The van der Waals surface area contributed by atoms with Gasteiger partial charge in [0, 0.05) is 19.4 Å². The highest BCUT2D eigenvalue weighted by Gasteiger charge is 2.12. The summed E-state index contributed by atoms with van der Waals surface area (Å²) in [6, 6.07) is 7.66. The molecule has 1 amide bonds. The molecule has 0 saturated carbocycles. The lowest BCUT2D eigenvalue weighted by molar-refractivity contribution is -0.138. The van der Waals surface area contributed by atoms with Gasteiger partial charge in [0.1, 0.15) is 5.75 Å². The molecule has 0 aromatic heterocycles. The molecule has 2 N–H and O–H groups in total. The van der Waals surface area contributed by atoms with Gasteiger partial charge in [-0.25, -0.2) is 0 Å². The minimum absolute atomic E-state index is 0.0138. The lowest BCUT2D eigenvalue weighted by atomic mass is 10.0. The fourth-order valence-corrected chi connectivity index (χ4v) is 2.01. The molecule has 20 heavy (non-hydrogen) atoms. The second-order valence-electron chi connectivity index (χ2n) is 4.82. The quantitative estimate of drug-likeness (QED) is 0.761. The minimum atomic E-state index is -0.876. The van der Waals surface area contributed by atoms with Gasteiger partial charge in [0.15, 0.2) is 0 Å². The van der Waals surface area contributed by atoms with Gasteiger partial charge < -0.3 is 15.2 Å². The lowest BCUT2D eigenvalue weighted by Crippen LogP contribution is -2.27. The van der Waals surface area contributed by atoms with E-state index in [1.807, 2.05) is 24.3 Å². The summed E-state index contributed by atoms with van der Waals surface area (Å²) < 4.78 is 5.23. The van der Waals surface area contributed by atoms with Crippen molar-refractivity contribution in [1.82, 2.24) is 5.32 Å². The first-order valence-electron chi connectivity index (χ1n) is 6.63. The number of nitrogens with one attached hydrogen (secondary N) is 1. The van der Waals surface area contributed by atoms with Crippen LogP contribution in [0.5, 0.6) is 5.75 Å². The van der Waals surface area contributed by atoms with E-state index in [1.54, 1.807) is 14.0 Å². The van der Waals surface area contributed by atoms with Gasteiger partial charge in [0.05, 0.1) is 7.11 Å². The van der Waals surface area contributed by atoms with E-state index >= 15 is 0 Å². The van der Waals surface area contributed by atoms with E-state index in [4.69, 9.17) is 9.84 Å². The highest BCUT2D eigenvalue weighted by molar-refractivity contribution is 5.77. The number of rotatable bonds is 8. The monoisotopic (exact) mass is 279 g/mol. The number of benzene rings is 1. The molecular weight excluding hydrogens is 258 g/mol. The van der Waals surface area contributed by atoms with Gasteiger partial charge in [0.25, 0.3) is 0 Å². The van der Waals surface area contributed by atoms with Crippen LogP contribution in [-0.2, 0) is 16.0 Å². The summed E-state index contributed by atoms with van der Waals surface area (Å²) in [6.07, 6.45) is 0.932. The van der Waals surface area contributed by atoms with Crippen LogP contribution in [-0.4, -0.2) is 30.6 Å². The van der Waals surface area contributed by atoms with E-state index in [-0.39, 0.29) is 24.7 Å². The molecule has 0 spiro atoms. The lowest BCUT2D eigenvalue weighted by Gasteiger charge is -2.11. The molecule has 1 aromatic rings. The number of ether oxygens (including phenoxy) is 1. The minimum Gasteiger partial charge on any atom is -0.496 e. The van der Waals surface area contributed by atoms with Crippen molar-refractivity contribution in [3.05, 3.63) is 29.8 Å². The zero-order chi connectivity index (χ0) is 15.0. The largest absolute Gasteiger partial charge is 0.496 e. The maximum Gasteiger partial charge on any atom is 0.303 e. The number of amides is 1. The number of carbonyl (C=O) groups excluding carboxylic acids is 1. The molecule has 0 radical (unpaired) electrons. The molecule has 0 saturated heterocycles. The standard InChI is InChI=1S/C15H21NO4/c1-11(10-15(18)19)9-14(17)16-8-7-12-5-3-4-6-13(12)20-2/h3-6,11H,7-10H2,1-2H3,(H,16,17)(H,18,19). The van der Waals surface area contributed by atoms with Gasteiger partial charge in [-0.3, -0.25) is 9.59 Å². The number of carbonyl (C=O) groups is 2. The maximum atomic E-state index is 11.6. The molecule has 0 bridgehead atoms. The summed E-state index contributed by atoms with van der Waals surface area (Å²) in [6.45, 7) is 2.27. The van der Waals surface area contributed by atoms with Gasteiger partial charge in [-0.1, -0.05) is 25.1 Å². The summed E-state index contributed by atoms with van der Waals surface area (Å²) >= 11 is 0. The molecule has 110 valence electrons. The van der Waals surface area contributed by atoms with E-state index in [1.165, 1.54) is 0 Å². The third-order valence-corrected chi connectivity index (χ3v) is 2.97. The van der Waals surface area contributed by atoms with E-state index in [2.05, 4.69) is 5.32 Å². The highest BCUT2D eigenvalue weighted by atomic mass is 16.5. The van der Waals surface area contributed by atoms with Crippen molar-refractivity contribution in [3.8, 4) is 5.75 Å². The Morgan fingerprint density at radius 1 is 1.30 bits per heavy atom. The number of hydrogen-bond donors (Lipinski definition) is 2. The third kappa shape index (κ3) is 5.73. The molecule has 0 aliphatic heterocycles. The predicted molar refractivity (Wildman–Crippen MR) is 75.7 cm³/mol. The Hall–Kier alpha value is -2.04. The Bertz CT molecular complexity index is 459. The zero-order valence-electron chi connectivity index (χ0n) is 11.9. The van der Waals surface area contributed by atoms with Crippen molar-refractivity contribution >= 4 is 11.9 Å². The molecular formula is C15H21NO4. The van der Waals surface area contributed by atoms with Gasteiger partial charge >= 0.3 is 5.97 Å². The Kier molecular flexibility index (Phi) is 6.56. The molecule has 5 nitrogen and oxygen atoms in total. The van der Waals surface area contributed by atoms with Gasteiger partial charge in [-0.2, -0.15) is 0 Å². The molecule has 1 rings (SSSR count). The number of carboxylic acid groups (broad SMARTS) is 1. The van der Waals surface area contributed by atoms with Crippen molar-refractivity contribution in [2.45, 2.75) is 26.2 Å². The Morgan fingerprint density at radius 3 is 2.65 bits per heavy atom. The number of para-hydroxylation sites is 1. The molecule has 0 aliphatic carbocycles. The second kappa shape index (κ2) is 8.19. The van der Waals surface area contributed by atoms with E-state index in [0.29, 0.717) is 13.0 Å². The van der Waals surface area contributed by atoms with Crippen LogP contribution in [0.15, 0.2) is 24.3 Å². The molecule has 1 unspecified atom stereocenters. The van der Waals surface area contributed by atoms with Crippen molar-refractivity contribution in [1.29, 1.82) is 0 Å². The van der Waals surface area contributed by atoms with Crippen molar-refractivity contribution in [2.75, 3.05) is 13.7 Å². The smallest absolute Gasteiger partial charge is 0.303 e.